The molecule has 0 spiro atoms. The SMILES string of the molecule is Cc1ccc(-c2nc(-c3noc4ccc(C(=O)Nc5ccnc(C)c5)cc34)cs2)cc1. The topological polar surface area (TPSA) is 80.9 Å². The first-order valence-electron chi connectivity index (χ1n) is 9.73. The maximum Gasteiger partial charge on any atom is 0.255 e. The van der Waals surface area contributed by atoms with Crippen LogP contribution < -0.4 is 5.32 Å². The second-order valence-electron chi connectivity index (χ2n) is 7.29. The van der Waals surface area contributed by atoms with Crippen LogP contribution in [0.2, 0.25) is 0 Å². The third-order valence-corrected chi connectivity index (χ3v) is 5.82. The number of pyridine rings is 1. The average Bonchev–Trinajstić information content (AvgIpc) is 3.41. The summed E-state index contributed by atoms with van der Waals surface area (Å²) in [5.41, 5.74) is 6.27. The standard InChI is InChI=1S/C24H18N4O2S/c1-14-3-5-16(6-4-14)24-27-20(13-31-24)22-19-12-17(7-8-21(19)30-28-22)23(29)26-18-9-10-25-15(2)11-18/h3-13H,1-2H3,(H,25,26,29). The van der Waals surface area contributed by atoms with E-state index in [4.69, 9.17) is 9.51 Å². The van der Waals surface area contributed by atoms with Gasteiger partial charge in [0, 0.05) is 34.1 Å². The first-order valence-corrected chi connectivity index (χ1v) is 10.6. The summed E-state index contributed by atoms with van der Waals surface area (Å²) in [6, 6.07) is 17.1. The number of nitrogens with one attached hydrogen (secondary N) is 1. The van der Waals surface area contributed by atoms with Gasteiger partial charge in [-0.25, -0.2) is 4.98 Å². The molecule has 0 aliphatic carbocycles. The normalized spacial score (nSPS) is 11.0. The minimum atomic E-state index is -0.210. The maximum atomic E-state index is 12.8. The highest BCUT2D eigenvalue weighted by Gasteiger charge is 2.17. The van der Waals surface area contributed by atoms with E-state index < -0.39 is 0 Å². The van der Waals surface area contributed by atoms with Crippen LogP contribution in [0.5, 0.6) is 0 Å². The third-order valence-electron chi connectivity index (χ3n) is 4.93. The number of thiazole rings is 1. The summed E-state index contributed by atoms with van der Waals surface area (Å²) in [5.74, 6) is -0.210. The van der Waals surface area contributed by atoms with Crippen molar-refractivity contribution >= 4 is 33.9 Å². The highest BCUT2D eigenvalue weighted by atomic mass is 32.1. The van der Waals surface area contributed by atoms with E-state index in [0.29, 0.717) is 22.5 Å². The Kier molecular flexibility index (Phi) is 4.80. The monoisotopic (exact) mass is 426 g/mol. The molecule has 5 rings (SSSR count). The quantitative estimate of drug-likeness (QED) is 0.388. The van der Waals surface area contributed by atoms with Crippen LogP contribution in [0.15, 0.2) is 70.7 Å². The minimum absolute atomic E-state index is 0.210. The van der Waals surface area contributed by atoms with Crippen molar-refractivity contribution in [3.05, 3.63) is 83.0 Å². The molecule has 5 aromatic rings. The largest absolute Gasteiger partial charge is 0.356 e. The van der Waals surface area contributed by atoms with Crippen molar-refractivity contribution in [2.75, 3.05) is 5.32 Å². The van der Waals surface area contributed by atoms with E-state index in [1.807, 2.05) is 18.4 Å². The molecule has 31 heavy (non-hydrogen) atoms. The van der Waals surface area contributed by atoms with E-state index in [1.165, 1.54) is 5.56 Å². The van der Waals surface area contributed by atoms with Crippen LogP contribution in [0.4, 0.5) is 5.69 Å². The fourth-order valence-electron chi connectivity index (χ4n) is 3.30. The molecule has 0 saturated carbocycles. The van der Waals surface area contributed by atoms with Gasteiger partial charge in [-0.2, -0.15) is 0 Å². The summed E-state index contributed by atoms with van der Waals surface area (Å²) in [7, 11) is 0. The summed E-state index contributed by atoms with van der Waals surface area (Å²) in [5, 5.41) is 10.7. The number of aromatic nitrogens is 3. The van der Waals surface area contributed by atoms with Gasteiger partial charge < -0.3 is 9.84 Å². The van der Waals surface area contributed by atoms with E-state index in [1.54, 1.807) is 41.8 Å². The summed E-state index contributed by atoms with van der Waals surface area (Å²) >= 11 is 1.55. The van der Waals surface area contributed by atoms with E-state index >= 15 is 0 Å². The molecule has 3 aromatic heterocycles. The van der Waals surface area contributed by atoms with E-state index in [-0.39, 0.29) is 5.91 Å². The fourth-order valence-corrected chi connectivity index (χ4v) is 4.11. The summed E-state index contributed by atoms with van der Waals surface area (Å²) in [4.78, 5) is 21.7. The smallest absolute Gasteiger partial charge is 0.255 e. The molecule has 0 aliphatic rings. The van der Waals surface area contributed by atoms with Crippen LogP contribution in [0.3, 0.4) is 0 Å². The number of aryl methyl sites for hydroxylation is 2. The number of anilines is 1. The fraction of sp³-hybridized carbons (Fsp3) is 0.0833. The zero-order chi connectivity index (χ0) is 21.4. The number of amides is 1. The molecule has 3 heterocycles. The third kappa shape index (κ3) is 3.83. The van der Waals surface area contributed by atoms with Crippen molar-refractivity contribution in [2.24, 2.45) is 0 Å². The molecule has 2 aromatic carbocycles. The van der Waals surface area contributed by atoms with Crippen LogP contribution >= 0.6 is 11.3 Å². The Balaban J connectivity index is 1.47. The lowest BCUT2D eigenvalue weighted by Gasteiger charge is -2.05. The highest BCUT2D eigenvalue weighted by molar-refractivity contribution is 7.13. The zero-order valence-corrected chi connectivity index (χ0v) is 17.7. The minimum Gasteiger partial charge on any atom is -0.356 e. The second kappa shape index (κ2) is 7.77. The summed E-state index contributed by atoms with van der Waals surface area (Å²) < 4.78 is 5.48. The molecule has 1 amide bonds. The molecule has 152 valence electrons. The summed E-state index contributed by atoms with van der Waals surface area (Å²) in [6.45, 7) is 3.94. The second-order valence-corrected chi connectivity index (χ2v) is 8.14. The molecule has 0 saturated heterocycles. The van der Waals surface area contributed by atoms with Gasteiger partial charge in [-0.15, -0.1) is 11.3 Å². The van der Waals surface area contributed by atoms with Gasteiger partial charge in [-0.3, -0.25) is 9.78 Å². The molecule has 0 aliphatic heterocycles. The molecule has 0 fully saturated rings. The number of fused-ring (bicyclic) bond motifs is 1. The maximum absolute atomic E-state index is 12.8. The van der Waals surface area contributed by atoms with Crippen molar-refractivity contribution in [1.29, 1.82) is 0 Å². The van der Waals surface area contributed by atoms with Crippen LogP contribution in [0.1, 0.15) is 21.6 Å². The van der Waals surface area contributed by atoms with Crippen LogP contribution in [-0.2, 0) is 0 Å². The van der Waals surface area contributed by atoms with Gasteiger partial charge in [0.2, 0.25) is 0 Å². The Labute approximate surface area is 182 Å². The van der Waals surface area contributed by atoms with Gasteiger partial charge in [-0.05, 0) is 44.2 Å². The molecule has 6 nitrogen and oxygen atoms in total. The molecule has 0 atom stereocenters. The average molecular weight is 427 g/mol. The summed E-state index contributed by atoms with van der Waals surface area (Å²) in [6.07, 6.45) is 1.67. The molecule has 0 bridgehead atoms. The predicted molar refractivity (Wildman–Crippen MR) is 122 cm³/mol. The Hall–Kier alpha value is -3.84. The Morgan fingerprint density at radius 3 is 2.68 bits per heavy atom. The number of hydrogen-bond acceptors (Lipinski definition) is 6. The van der Waals surface area contributed by atoms with Crippen molar-refractivity contribution in [3.8, 4) is 22.0 Å². The molecule has 0 radical (unpaired) electrons. The van der Waals surface area contributed by atoms with Gasteiger partial charge in [0.1, 0.15) is 16.4 Å². The number of carbonyl (C=O) groups is 1. The van der Waals surface area contributed by atoms with Crippen molar-refractivity contribution in [1.82, 2.24) is 15.1 Å². The Morgan fingerprint density at radius 1 is 1.03 bits per heavy atom. The number of carbonyl (C=O) groups excluding carboxylic acids is 1. The number of rotatable bonds is 4. The molecule has 7 heteroatoms. The highest BCUT2D eigenvalue weighted by Crippen LogP contribution is 2.33. The lowest BCUT2D eigenvalue weighted by atomic mass is 10.1. The number of benzene rings is 2. The molecular formula is C24H18N4O2S. The van der Waals surface area contributed by atoms with Gasteiger partial charge in [-0.1, -0.05) is 35.0 Å². The first-order chi connectivity index (χ1) is 15.1. The Bertz CT molecular complexity index is 1400. The van der Waals surface area contributed by atoms with Crippen LogP contribution in [-0.4, -0.2) is 21.0 Å². The van der Waals surface area contributed by atoms with Crippen molar-refractivity contribution < 1.29 is 9.32 Å². The van der Waals surface area contributed by atoms with Gasteiger partial charge in [0.05, 0.1) is 5.39 Å². The van der Waals surface area contributed by atoms with E-state index in [2.05, 4.69) is 46.6 Å². The van der Waals surface area contributed by atoms with Crippen LogP contribution in [0.25, 0.3) is 32.9 Å². The van der Waals surface area contributed by atoms with E-state index in [0.717, 1.165) is 27.3 Å². The van der Waals surface area contributed by atoms with Gasteiger partial charge in [0.25, 0.3) is 5.91 Å². The number of nitrogens with zero attached hydrogens (tertiary/aromatic N) is 3. The van der Waals surface area contributed by atoms with Crippen molar-refractivity contribution in [3.63, 3.8) is 0 Å². The molecular weight excluding hydrogens is 408 g/mol. The first kappa shape index (κ1) is 19.1. The van der Waals surface area contributed by atoms with Gasteiger partial charge >= 0.3 is 0 Å². The molecule has 0 unspecified atom stereocenters. The lowest BCUT2D eigenvalue weighted by Crippen LogP contribution is -2.11. The van der Waals surface area contributed by atoms with E-state index in [9.17, 15) is 4.79 Å². The van der Waals surface area contributed by atoms with Crippen molar-refractivity contribution in [2.45, 2.75) is 13.8 Å². The Morgan fingerprint density at radius 2 is 1.87 bits per heavy atom. The van der Waals surface area contributed by atoms with Gasteiger partial charge in [0.15, 0.2) is 5.58 Å². The zero-order valence-electron chi connectivity index (χ0n) is 16.9. The predicted octanol–water partition coefficient (Wildman–Crippen LogP) is 5.88. The lowest BCUT2D eigenvalue weighted by molar-refractivity contribution is 0.102. The number of hydrogen-bond donors (Lipinski definition) is 1. The van der Waals surface area contributed by atoms with Crippen LogP contribution in [0, 0.1) is 13.8 Å². The molecule has 1 N–H and O–H groups in total.